The number of aromatic nitrogens is 2. The summed E-state index contributed by atoms with van der Waals surface area (Å²) < 4.78 is 28.9. The van der Waals surface area contributed by atoms with Gasteiger partial charge in [-0.25, -0.2) is 13.1 Å². The zero-order valence-electron chi connectivity index (χ0n) is 11.2. The summed E-state index contributed by atoms with van der Waals surface area (Å²) in [6.07, 6.45) is 7.32. The van der Waals surface area contributed by atoms with E-state index in [1.807, 2.05) is 6.92 Å². The Hall–Kier alpha value is -0.920. The summed E-state index contributed by atoms with van der Waals surface area (Å²) in [6.45, 7) is 2.54. The lowest BCUT2D eigenvalue weighted by Crippen LogP contribution is -2.43. The lowest BCUT2D eigenvalue weighted by molar-refractivity contribution is 0.277. The molecule has 6 nitrogen and oxygen atoms in total. The van der Waals surface area contributed by atoms with Gasteiger partial charge in [-0.15, -0.1) is 0 Å². The van der Waals surface area contributed by atoms with Gasteiger partial charge in [-0.3, -0.25) is 4.68 Å². The Morgan fingerprint density at radius 3 is 2.79 bits per heavy atom. The van der Waals surface area contributed by atoms with E-state index in [-0.39, 0.29) is 17.0 Å². The number of rotatable bonds is 6. The van der Waals surface area contributed by atoms with E-state index >= 15 is 0 Å². The number of nitrogens with zero attached hydrogens (tertiary/aromatic N) is 2. The van der Waals surface area contributed by atoms with Crippen molar-refractivity contribution in [3.05, 3.63) is 12.4 Å². The molecule has 1 aromatic heterocycles. The highest BCUT2D eigenvalue weighted by atomic mass is 32.2. The minimum Gasteiger partial charge on any atom is -0.396 e. The first-order valence-electron chi connectivity index (χ1n) is 6.62. The SMILES string of the molecule is CC1(NS(=O)(=O)c2cnn(CCCO)c2)CCCC1. The molecule has 1 saturated carbocycles. The first-order valence-corrected chi connectivity index (χ1v) is 8.11. The van der Waals surface area contributed by atoms with Crippen LogP contribution in [0.2, 0.25) is 0 Å². The lowest BCUT2D eigenvalue weighted by Gasteiger charge is -2.24. The van der Waals surface area contributed by atoms with Crippen molar-refractivity contribution < 1.29 is 13.5 Å². The van der Waals surface area contributed by atoms with Crippen LogP contribution in [0, 0.1) is 0 Å². The molecule has 0 atom stereocenters. The highest BCUT2D eigenvalue weighted by Gasteiger charge is 2.33. The van der Waals surface area contributed by atoms with Gasteiger partial charge in [0, 0.05) is 24.9 Å². The minimum atomic E-state index is -3.50. The Morgan fingerprint density at radius 2 is 2.16 bits per heavy atom. The highest BCUT2D eigenvalue weighted by Crippen LogP contribution is 2.30. The van der Waals surface area contributed by atoms with Crippen LogP contribution in [0.5, 0.6) is 0 Å². The van der Waals surface area contributed by atoms with E-state index in [1.165, 1.54) is 12.4 Å². The average Bonchev–Trinajstić information content (AvgIpc) is 2.95. The molecule has 108 valence electrons. The Balaban J connectivity index is 2.08. The number of aryl methyl sites for hydroxylation is 1. The summed E-state index contributed by atoms with van der Waals surface area (Å²) in [5, 5.41) is 12.7. The van der Waals surface area contributed by atoms with Gasteiger partial charge in [-0.05, 0) is 26.2 Å². The minimum absolute atomic E-state index is 0.0677. The van der Waals surface area contributed by atoms with Crippen LogP contribution in [-0.4, -0.2) is 35.5 Å². The number of sulfonamides is 1. The smallest absolute Gasteiger partial charge is 0.244 e. The molecule has 0 saturated heterocycles. The Bertz CT molecular complexity index is 518. The number of nitrogens with one attached hydrogen (secondary N) is 1. The van der Waals surface area contributed by atoms with Crippen molar-refractivity contribution in [3.63, 3.8) is 0 Å². The van der Waals surface area contributed by atoms with Crippen LogP contribution in [0.15, 0.2) is 17.3 Å². The second kappa shape index (κ2) is 5.60. The molecule has 1 aliphatic carbocycles. The van der Waals surface area contributed by atoms with Crippen LogP contribution < -0.4 is 4.72 Å². The molecular weight excluding hydrogens is 266 g/mol. The predicted octanol–water partition coefficient (Wildman–Crippen LogP) is 0.876. The van der Waals surface area contributed by atoms with E-state index in [2.05, 4.69) is 9.82 Å². The molecule has 2 rings (SSSR count). The number of aliphatic hydroxyl groups is 1. The summed E-state index contributed by atoms with van der Waals surface area (Å²) in [7, 11) is -3.50. The van der Waals surface area contributed by atoms with Crippen molar-refractivity contribution in [2.75, 3.05) is 6.61 Å². The maximum atomic E-state index is 12.3. The van der Waals surface area contributed by atoms with Crippen molar-refractivity contribution in [3.8, 4) is 0 Å². The van der Waals surface area contributed by atoms with Crippen LogP contribution in [0.1, 0.15) is 39.0 Å². The maximum Gasteiger partial charge on any atom is 0.244 e. The molecule has 1 aliphatic rings. The van der Waals surface area contributed by atoms with E-state index in [0.717, 1.165) is 25.7 Å². The van der Waals surface area contributed by atoms with Crippen LogP contribution in [0.25, 0.3) is 0 Å². The van der Waals surface area contributed by atoms with Gasteiger partial charge >= 0.3 is 0 Å². The van der Waals surface area contributed by atoms with Gasteiger partial charge in [-0.1, -0.05) is 12.8 Å². The molecule has 0 amide bonds. The molecule has 1 fully saturated rings. The van der Waals surface area contributed by atoms with Crippen molar-refractivity contribution in [1.82, 2.24) is 14.5 Å². The van der Waals surface area contributed by atoms with Gasteiger partial charge in [0.25, 0.3) is 0 Å². The molecule has 0 aromatic carbocycles. The third kappa shape index (κ3) is 3.55. The van der Waals surface area contributed by atoms with Gasteiger partial charge in [0.15, 0.2) is 0 Å². The van der Waals surface area contributed by atoms with Crippen molar-refractivity contribution >= 4 is 10.0 Å². The molecular formula is C12H21N3O3S. The van der Waals surface area contributed by atoms with Crippen LogP contribution in [-0.2, 0) is 16.6 Å². The van der Waals surface area contributed by atoms with E-state index in [9.17, 15) is 8.42 Å². The van der Waals surface area contributed by atoms with E-state index in [1.54, 1.807) is 4.68 Å². The standard InChI is InChI=1S/C12H21N3O3S/c1-12(5-2-3-6-12)14-19(17,18)11-9-13-15(10-11)7-4-8-16/h9-10,14,16H,2-8H2,1H3. The van der Waals surface area contributed by atoms with E-state index < -0.39 is 10.0 Å². The largest absolute Gasteiger partial charge is 0.396 e. The molecule has 19 heavy (non-hydrogen) atoms. The maximum absolute atomic E-state index is 12.3. The molecule has 7 heteroatoms. The number of hydrogen-bond acceptors (Lipinski definition) is 4. The summed E-state index contributed by atoms with van der Waals surface area (Å²) in [6, 6.07) is 0. The topological polar surface area (TPSA) is 84.2 Å². The van der Waals surface area contributed by atoms with E-state index in [4.69, 9.17) is 5.11 Å². The molecule has 1 aromatic rings. The Kier molecular flexibility index (Phi) is 4.27. The molecule has 0 radical (unpaired) electrons. The van der Waals surface area contributed by atoms with Gasteiger partial charge in [0.1, 0.15) is 4.90 Å². The second-order valence-corrected chi connectivity index (χ2v) is 7.07. The van der Waals surface area contributed by atoms with Crippen LogP contribution in [0.3, 0.4) is 0 Å². The molecule has 0 unspecified atom stereocenters. The van der Waals surface area contributed by atoms with Gasteiger partial charge in [0.05, 0.1) is 6.20 Å². The monoisotopic (exact) mass is 287 g/mol. The predicted molar refractivity (Wildman–Crippen MR) is 71.1 cm³/mol. The Labute approximate surface area is 113 Å². The fraction of sp³-hybridized carbons (Fsp3) is 0.750. The third-order valence-corrected chi connectivity index (χ3v) is 5.15. The molecule has 0 spiro atoms. The fourth-order valence-corrected chi connectivity index (χ4v) is 3.90. The summed E-state index contributed by atoms with van der Waals surface area (Å²) in [5.41, 5.74) is -0.327. The van der Waals surface area contributed by atoms with Crippen LogP contribution >= 0.6 is 0 Å². The number of hydrogen-bond donors (Lipinski definition) is 2. The quantitative estimate of drug-likeness (QED) is 0.813. The van der Waals surface area contributed by atoms with Gasteiger partial charge < -0.3 is 5.11 Å². The first kappa shape index (κ1) is 14.5. The molecule has 0 aliphatic heterocycles. The Morgan fingerprint density at radius 1 is 1.47 bits per heavy atom. The highest BCUT2D eigenvalue weighted by molar-refractivity contribution is 7.89. The summed E-state index contributed by atoms with van der Waals surface area (Å²) >= 11 is 0. The van der Waals surface area contributed by atoms with Crippen molar-refractivity contribution in [2.45, 2.75) is 56.0 Å². The second-order valence-electron chi connectivity index (χ2n) is 5.39. The fourth-order valence-electron chi connectivity index (χ4n) is 2.48. The lowest BCUT2D eigenvalue weighted by atomic mass is 10.0. The van der Waals surface area contributed by atoms with Crippen LogP contribution in [0.4, 0.5) is 0 Å². The van der Waals surface area contributed by atoms with E-state index in [0.29, 0.717) is 13.0 Å². The van der Waals surface area contributed by atoms with Gasteiger partial charge in [0.2, 0.25) is 10.0 Å². The van der Waals surface area contributed by atoms with Crippen molar-refractivity contribution in [1.29, 1.82) is 0 Å². The first-order chi connectivity index (χ1) is 8.95. The zero-order chi connectivity index (χ0) is 13.9. The molecule has 0 bridgehead atoms. The van der Waals surface area contributed by atoms with Gasteiger partial charge in [-0.2, -0.15) is 5.10 Å². The summed E-state index contributed by atoms with van der Waals surface area (Å²) in [5.74, 6) is 0. The summed E-state index contributed by atoms with van der Waals surface area (Å²) in [4.78, 5) is 0.193. The normalized spacial score (nSPS) is 18.8. The average molecular weight is 287 g/mol. The molecule has 2 N–H and O–H groups in total. The zero-order valence-corrected chi connectivity index (χ0v) is 12.0. The van der Waals surface area contributed by atoms with Crippen molar-refractivity contribution in [2.24, 2.45) is 0 Å². The number of aliphatic hydroxyl groups excluding tert-OH is 1. The third-order valence-electron chi connectivity index (χ3n) is 3.55. The molecule has 1 heterocycles.